The first-order chi connectivity index (χ1) is 13.8. The second-order valence-corrected chi connectivity index (χ2v) is 9.43. The standard InChI is InChI=1S/C24H47NO4/c1-6-7-8-9-10-11-12-13-14-15-16-17-18-19-28-22(26)20-25(5)23(27)29-21-24(2,3)4/h6-21H2,1-5H3. The van der Waals surface area contributed by atoms with Crippen LogP contribution in [0.4, 0.5) is 4.79 Å². The van der Waals surface area contributed by atoms with E-state index < -0.39 is 6.09 Å². The van der Waals surface area contributed by atoms with Crippen LogP contribution in [0.5, 0.6) is 0 Å². The van der Waals surface area contributed by atoms with Crippen molar-refractivity contribution in [1.29, 1.82) is 0 Å². The molecule has 5 heteroatoms. The highest BCUT2D eigenvalue weighted by Crippen LogP contribution is 2.14. The maximum atomic E-state index is 11.8. The first-order valence-corrected chi connectivity index (χ1v) is 11.8. The lowest BCUT2D eigenvalue weighted by Crippen LogP contribution is -2.35. The Morgan fingerprint density at radius 3 is 1.62 bits per heavy atom. The Balaban J connectivity index is 3.46. The summed E-state index contributed by atoms with van der Waals surface area (Å²) < 4.78 is 10.4. The Morgan fingerprint density at radius 1 is 0.724 bits per heavy atom. The minimum absolute atomic E-state index is 0.0680. The monoisotopic (exact) mass is 413 g/mol. The van der Waals surface area contributed by atoms with Gasteiger partial charge in [0.15, 0.2) is 0 Å². The summed E-state index contributed by atoms with van der Waals surface area (Å²) in [7, 11) is 1.55. The molecule has 0 aliphatic heterocycles. The molecule has 0 heterocycles. The SMILES string of the molecule is CCCCCCCCCCCCCCCOC(=O)CN(C)C(=O)OCC(C)(C)C. The van der Waals surface area contributed by atoms with Gasteiger partial charge in [0, 0.05) is 7.05 Å². The van der Waals surface area contributed by atoms with Crippen LogP contribution in [-0.4, -0.2) is 43.8 Å². The van der Waals surface area contributed by atoms with Gasteiger partial charge in [0.25, 0.3) is 0 Å². The lowest BCUT2D eigenvalue weighted by Gasteiger charge is -2.21. The van der Waals surface area contributed by atoms with E-state index >= 15 is 0 Å². The van der Waals surface area contributed by atoms with Crippen molar-refractivity contribution in [3.8, 4) is 0 Å². The van der Waals surface area contributed by atoms with E-state index in [1.54, 1.807) is 7.05 Å². The van der Waals surface area contributed by atoms with Gasteiger partial charge in [-0.2, -0.15) is 0 Å². The van der Waals surface area contributed by atoms with Crippen LogP contribution in [-0.2, 0) is 14.3 Å². The molecule has 0 aromatic rings. The lowest BCUT2D eigenvalue weighted by atomic mass is 9.99. The van der Waals surface area contributed by atoms with Gasteiger partial charge in [-0.3, -0.25) is 4.79 Å². The number of rotatable bonds is 17. The number of amides is 1. The van der Waals surface area contributed by atoms with Crippen molar-refractivity contribution >= 4 is 12.1 Å². The number of likely N-dealkylation sites (N-methyl/N-ethyl adjacent to an activating group) is 1. The lowest BCUT2D eigenvalue weighted by molar-refractivity contribution is -0.144. The quantitative estimate of drug-likeness (QED) is 0.196. The Hall–Kier alpha value is -1.26. The Labute approximate surface area is 179 Å². The van der Waals surface area contributed by atoms with E-state index in [2.05, 4.69) is 6.92 Å². The second kappa shape index (κ2) is 17.6. The highest BCUT2D eigenvalue weighted by atomic mass is 16.6. The molecule has 0 saturated carbocycles. The van der Waals surface area contributed by atoms with Crippen LogP contribution >= 0.6 is 0 Å². The van der Waals surface area contributed by atoms with Crippen LogP contribution in [0.25, 0.3) is 0 Å². The van der Waals surface area contributed by atoms with Crippen LogP contribution in [0.3, 0.4) is 0 Å². The second-order valence-electron chi connectivity index (χ2n) is 9.43. The van der Waals surface area contributed by atoms with Crippen molar-refractivity contribution in [2.45, 2.75) is 111 Å². The summed E-state index contributed by atoms with van der Waals surface area (Å²) in [5.74, 6) is -0.376. The number of carbonyl (C=O) groups is 2. The third kappa shape index (κ3) is 19.8. The van der Waals surface area contributed by atoms with Gasteiger partial charge in [0.1, 0.15) is 6.54 Å². The molecule has 0 unspecified atom stereocenters. The number of ether oxygens (including phenoxy) is 2. The number of carbonyl (C=O) groups excluding carboxylic acids is 2. The first-order valence-electron chi connectivity index (χ1n) is 11.8. The molecule has 0 radical (unpaired) electrons. The van der Waals surface area contributed by atoms with E-state index in [9.17, 15) is 9.59 Å². The zero-order valence-corrected chi connectivity index (χ0v) is 19.9. The largest absolute Gasteiger partial charge is 0.464 e. The number of esters is 1. The zero-order chi connectivity index (χ0) is 22.0. The van der Waals surface area contributed by atoms with Gasteiger partial charge in [-0.25, -0.2) is 4.79 Å². The van der Waals surface area contributed by atoms with Gasteiger partial charge >= 0.3 is 12.1 Å². The van der Waals surface area contributed by atoms with Gasteiger partial charge in [-0.05, 0) is 11.8 Å². The number of hydrogen-bond donors (Lipinski definition) is 0. The van der Waals surface area contributed by atoms with Crippen LogP contribution in [0.1, 0.15) is 111 Å². The average Bonchev–Trinajstić information content (AvgIpc) is 2.65. The summed E-state index contributed by atoms with van der Waals surface area (Å²) in [5, 5.41) is 0. The fourth-order valence-electron chi connectivity index (χ4n) is 3.00. The van der Waals surface area contributed by atoms with Gasteiger partial charge < -0.3 is 14.4 Å². The van der Waals surface area contributed by atoms with E-state index in [0.29, 0.717) is 13.2 Å². The van der Waals surface area contributed by atoms with Gasteiger partial charge in [-0.1, -0.05) is 105 Å². The van der Waals surface area contributed by atoms with E-state index in [4.69, 9.17) is 9.47 Å². The zero-order valence-electron chi connectivity index (χ0n) is 19.9. The molecule has 29 heavy (non-hydrogen) atoms. The summed E-state index contributed by atoms with van der Waals surface area (Å²) >= 11 is 0. The molecule has 0 bridgehead atoms. The minimum Gasteiger partial charge on any atom is -0.464 e. The van der Waals surface area contributed by atoms with Crippen molar-refractivity contribution in [3.63, 3.8) is 0 Å². The molecular weight excluding hydrogens is 366 g/mol. The third-order valence-electron chi connectivity index (χ3n) is 4.82. The van der Waals surface area contributed by atoms with Crippen LogP contribution in [0.2, 0.25) is 0 Å². The van der Waals surface area contributed by atoms with Crippen molar-refractivity contribution < 1.29 is 19.1 Å². The van der Waals surface area contributed by atoms with Crippen LogP contribution in [0.15, 0.2) is 0 Å². The number of unbranched alkanes of at least 4 members (excludes halogenated alkanes) is 12. The smallest absolute Gasteiger partial charge is 0.410 e. The molecule has 0 atom stereocenters. The average molecular weight is 414 g/mol. The van der Waals surface area contributed by atoms with Gasteiger partial charge in [0.2, 0.25) is 0 Å². The summed E-state index contributed by atoms with van der Waals surface area (Å²) in [6.07, 6.45) is 16.3. The van der Waals surface area contributed by atoms with E-state index in [0.717, 1.165) is 12.8 Å². The minimum atomic E-state index is -0.488. The van der Waals surface area contributed by atoms with E-state index in [1.165, 1.54) is 75.5 Å². The summed E-state index contributed by atoms with van der Waals surface area (Å²) in [5.41, 5.74) is -0.0920. The molecule has 5 nitrogen and oxygen atoms in total. The molecule has 0 aliphatic carbocycles. The Bertz CT molecular complexity index is 418. The molecule has 0 aromatic carbocycles. The molecule has 0 N–H and O–H groups in total. The molecule has 0 saturated heterocycles. The molecular formula is C24H47NO4. The summed E-state index contributed by atoms with van der Waals surface area (Å²) in [6, 6.07) is 0. The van der Waals surface area contributed by atoms with Crippen molar-refractivity contribution in [2.24, 2.45) is 5.41 Å². The third-order valence-corrected chi connectivity index (χ3v) is 4.82. The highest BCUT2D eigenvalue weighted by Gasteiger charge is 2.18. The van der Waals surface area contributed by atoms with Crippen LogP contribution in [0, 0.1) is 5.41 Å². The fourth-order valence-corrected chi connectivity index (χ4v) is 3.00. The predicted octanol–water partition coefficient (Wildman–Crippen LogP) is 6.74. The molecule has 1 amide bonds. The first kappa shape index (κ1) is 27.7. The van der Waals surface area contributed by atoms with Gasteiger partial charge in [-0.15, -0.1) is 0 Å². The number of hydrogen-bond acceptors (Lipinski definition) is 4. The molecule has 0 fully saturated rings. The maximum absolute atomic E-state index is 11.8. The predicted molar refractivity (Wildman–Crippen MR) is 120 cm³/mol. The molecule has 0 rings (SSSR count). The van der Waals surface area contributed by atoms with E-state index in [-0.39, 0.29) is 17.9 Å². The topological polar surface area (TPSA) is 55.8 Å². The fraction of sp³-hybridized carbons (Fsp3) is 0.917. The summed E-state index contributed by atoms with van der Waals surface area (Å²) in [4.78, 5) is 24.9. The molecule has 0 aromatic heterocycles. The molecule has 0 aliphatic rings. The van der Waals surface area contributed by atoms with Crippen LogP contribution < -0.4 is 0 Å². The van der Waals surface area contributed by atoms with E-state index in [1.807, 2.05) is 20.8 Å². The number of nitrogens with zero attached hydrogens (tertiary/aromatic N) is 1. The normalized spacial score (nSPS) is 11.3. The Morgan fingerprint density at radius 2 is 1.17 bits per heavy atom. The van der Waals surface area contributed by atoms with Gasteiger partial charge in [0.05, 0.1) is 13.2 Å². The highest BCUT2D eigenvalue weighted by molar-refractivity contribution is 5.77. The maximum Gasteiger partial charge on any atom is 0.410 e. The summed E-state index contributed by atoms with van der Waals surface area (Å²) in [6.45, 7) is 8.92. The van der Waals surface area contributed by atoms with Crippen molar-refractivity contribution in [3.05, 3.63) is 0 Å². The van der Waals surface area contributed by atoms with Crippen molar-refractivity contribution in [2.75, 3.05) is 26.8 Å². The van der Waals surface area contributed by atoms with Crippen molar-refractivity contribution in [1.82, 2.24) is 4.90 Å². The Kier molecular flexibility index (Phi) is 16.8. The molecule has 172 valence electrons. The molecule has 0 spiro atoms.